The topological polar surface area (TPSA) is 15.3 Å². The summed E-state index contributed by atoms with van der Waals surface area (Å²) >= 11 is 6.27. The molecule has 0 bridgehead atoms. The fraction of sp³-hybridized carbons (Fsp3) is 0.667. The van der Waals surface area contributed by atoms with E-state index in [1.54, 1.807) is 0 Å². The van der Waals surface area contributed by atoms with Crippen LogP contribution >= 0.6 is 11.6 Å². The summed E-state index contributed by atoms with van der Waals surface area (Å²) in [5.74, 6) is 0.623. The van der Waals surface area contributed by atoms with E-state index < -0.39 is 0 Å². The molecule has 0 radical (unpaired) electrons. The number of nitrogens with zero attached hydrogens (tertiary/aromatic N) is 1. The van der Waals surface area contributed by atoms with Gasteiger partial charge in [-0.05, 0) is 68.4 Å². The molecule has 3 aliphatic heterocycles. The maximum atomic E-state index is 6.27. The molecule has 3 fully saturated rings. The van der Waals surface area contributed by atoms with Crippen molar-refractivity contribution in [2.45, 2.75) is 44.1 Å². The Hall–Kier alpha value is -0.570. The molecule has 4 rings (SSSR count). The van der Waals surface area contributed by atoms with Gasteiger partial charge in [0.1, 0.15) is 0 Å². The van der Waals surface area contributed by atoms with E-state index in [-0.39, 0.29) is 0 Å². The van der Waals surface area contributed by atoms with E-state index in [0.717, 1.165) is 17.6 Å². The van der Waals surface area contributed by atoms with Crippen molar-refractivity contribution in [2.75, 3.05) is 26.2 Å². The molecule has 0 saturated carbocycles. The molecule has 0 aromatic heterocycles. The minimum atomic E-state index is 0.482. The van der Waals surface area contributed by atoms with E-state index in [4.69, 9.17) is 11.6 Å². The zero-order valence-corrected chi connectivity index (χ0v) is 13.4. The molecule has 3 heteroatoms. The zero-order chi connectivity index (χ0) is 14.3. The van der Waals surface area contributed by atoms with Crippen LogP contribution in [0.25, 0.3) is 0 Å². The summed E-state index contributed by atoms with van der Waals surface area (Å²) in [6.45, 7) is 4.93. The Morgan fingerprint density at radius 3 is 3.05 bits per heavy atom. The summed E-state index contributed by atoms with van der Waals surface area (Å²) in [5.41, 5.74) is 1.93. The van der Waals surface area contributed by atoms with E-state index in [9.17, 15) is 0 Å². The summed E-state index contributed by atoms with van der Waals surface area (Å²) in [7, 11) is 0. The highest BCUT2D eigenvalue weighted by molar-refractivity contribution is 6.30. The minimum Gasteiger partial charge on any atom is -0.316 e. The van der Waals surface area contributed by atoms with E-state index >= 15 is 0 Å². The molecule has 3 atom stereocenters. The van der Waals surface area contributed by atoms with Crippen LogP contribution in [0.2, 0.25) is 5.02 Å². The van der Waals surface area contributed by atoms with Crippen LogP contribution in [0.1, 0.15) is 43.6 Å². The lowest BCUT2D eigenvalue weighted by Gasteiger charge is -2.49. The molecule has 1 spiro atoms. The van der Waals surface area contributed by atoms with Crippen molar-refractivity contribution in [3.63, 3.8) is 0 Å². The molecule has 1 aromatic carbocycles. The molecule has 1 N–H and O–H groups in total. The monoisotopic (exact) mass is 304 g/mol. The third-order valence-electron chi connectivity index (χ3n) is 6.20. The molecule has 3 saturated heterocycles. The normalized spacial score (nSPS) is 36.8. The molecule has 114 valence electrons. The van der Waals surface area contributed by atoms with Gasteiger partial charge in [0.15, 0.2) is 0 Å². The zero-order valence-electron chi connectivity index (χ0n) is 12.7. The van der Waals surface area contributed by atoms with Crippen molar-refractivity contribution in [3.05, 3.63) is 34.9 Å². The molecule has 3 heterocycles. The summed E-state index contributed by atoms with van der Waals surface area (Å²) in [5, 5.41) is 4.52. The van der Waals surface area contributed by atoms with Gasteiger partial charge in [-0.1, -0.05) is 30.2 Å². The van der Waals surface area contributed by atoms with Gasteiger partial charge < -0.3 is 5.32 Å². The molecule has 3 unspecified atom stereocenters. The highest BCUT2D eigenvalue weighted by Gasteiger charge is 2.53. The third kappa shape index (κ3) is 2.32. The van der Waals surface area contributed by atoms with E-state index in [0.29, 0.717) is 11.3 Å². The molecule has 21 heavy (non-hydrogen) atoms. The van der Waals surface area contributed by atoms with Crippen LogP contribution in [-0.2, 0) is 0 Å². The van der Waals surface area contributed by atoms with Crippen molar-refractivity contribution in [3.8, 4) is 0 Å². The van der Waals surface area contributed by atoms with Gasteiger partial charge in [-0.3, -0.25) is 4.90 Å². The van der Waals surface area contributed by atoms with Crippen molar-refractivity contribution < 1.29 is 0 Å². The molecule has 3 aliphatic rings. The smallest absolute Gasteiger partial charge is 0.0408 e. The maximum absolute atomic E-state index is 6.27. The Morgan fingerprint density at radius 2 is 2.14 bits per heavy atom. The van der Waals surface area contributed by atoms with Gasteiger partial charge in [0, 0.05) is 23.5 Å². The van der Waals surface area contributed by atoms with Gasteiger partial charge in [0.25, 0.3) is 0 Å². The Labute approximate surface area is 132 Å². The number of fused-ring (bicyclic) bond motifs is 2. The summed E-state index contributed by atoms with van der Waals surface area (Å²) in [6, 6.07) is 9.41. The van der Waals surface area contributed by atoms with Gasteiger partial charge in [0.2, 0.25) is 0 Å². The van der Waals surface area contributed by atoms with E-state index in [1.165, 1.54) is 57.3 Å². The van der Waals surface area contributed by atoms with Crippen molar-refractivity contribution in [1.29, 1.82) is 0 Å². The summed E-state index contributed by atoms with van der Waals surface area (Å²) in [4.78, 5) is 2.78. The van der Waals surface area contributed by atoms with Crippen molar-refractivity contribution in [2.24, 2.45) is 5.41 Å². The standard InChI is InChI=1S/C18H25ClN2/c19-15-5-3-4-14(12-15)16-13-20-9-7-18(16)8-11-21-10-2-1-6-17(18)21/h3-5,12,16-17,20H,1-2,6-11,13H2. The second-order valence-corrected chi connectivity index (χ2v) is 7.53. The number of piperidine rings is 2. The quantitative estimate of drug-likeness (QED) is 0.852. The van der Waals surface area contributed by atoms with Crippen LogP contribution in [0.4, 0.5) is 0 Å². The molecule has 1 aromatic rings. The van der Waals surface area contributed by atoms with Gasteiger partial charge in [-0.15, -0.1) is 0 Å². The number of halogens is 1. The second-order valence-electron chi connectivity index (χ2n) is 7.09. The number of rotatable bonds is 1. The van der Waals surface area contributed by atoms with Crippen LogP contribution < -0.4 is 5.32 Å². The van der Waals surface area contributed by atoms with Crippen LogP contribution in [0.15, 0.2) is 24.3 Å². The fourth-order valence-corrected chi connectivity index (χ4v) is 5.44. The minimum absolute atomic E-state index is 0.482. The third-order valence-corrected chi connectivity index (χ3v) is 6.44. The first-order valence-electron chi connectivity index (χ1n) is 8.50. The Morgan fingerprint density at radius 1 is 1.19 bits per heavy atom. The van der Waals surface area contributed by atoms with Gasteiger partial charge in [-0.2, -0.15) is 0 Å². The average molecular weight is 305 g/mol. The first kappa shape index (κ1) is 14.0. The summed E-state index contributed by atoms with van der Waals surface area (Å²) < 4.78 is 0. The molecular formula is C18H25ClN2. The van der Waals surface area contributed by atoms with Gasteiger partial charge in [0.05, 0.1) is 0 Å². The molecule has 2 nitrogen and oxygen atoms in total. The average Bonchev–Trinajstić information content (AvgIpc) is 2.88. The number of hydrogen-bond donors (Lipinski definition) is 1. The predicted molar refractivity (Wildman–Crippen MR) is 87.9 cm³/mol. The van der Waals surface area contributed by atoms with Crippen molar-refractivity contribution in [1.82, 2.24) is 10.2 Å². The first-order valence-corrected chi connectivity index (χ1v) is 8.88. The van der Waals surface area contributed by atoms with Gasteiger partial charge >= 0.3 is 0 Å². The molecule has 0 amide bonds. The molecule has 0 aliphatic carbocycles. The first-order chi connectivity index (χ1) is 10.3. The highest BCUT2D eigenvalue weighted by atomic mass is 35.5. The second kappa shape index (κ2) is 5.57. The van der Waals surface area contributed by atoms with E-state index in [2.05, 4.69) is 28.4 Å². The lowest BCUT2D eigenvalue weighted by molar-refractivity contribution is 0.0664. The summed E-state index contributed by atoms with van der Waals surface area (Å²) in [6.07, 6.45) is 6.91. The lowest BCUT2D eigenvalue weighted by Crippen LogP contribution is -2.52. The van der Waals surface area contributed by atoms with Crippen LogP contribution in [0.5, 0.6) is 0 Å². The fourth-order valence-electron chi connectivity index (χ4n) is 5.24. The number of hydrogen-bond acceptors (Lipinski definition) is 2. The largest absolute Gasteiger partial charge is 0.316 e. The Bertz CT molecular complexity index is 518. The Kier molecular flexibility index (Phi) is 3.72. The predicted octanol–water partition coefficient (Wildman–Crippen LogP) is 3.66. The van der Waals surface area contributed by atoms with Crippen LogP contribution in [0, 0.1) is 5.41 Å². The Balaban J connectivity index is 1.71. The van der Waals surface area contributed by atoms with Crippen LogP contribution in [0.3, 0.4) is 0 Å². The number of nitrogens with one attached hydrogen (secondary N) is 1. The molecular weight excluding hydrogens is 280 g/mol. The van der Waals surface area contributed by atoms with Crippen LogP contribution in [-0.4, -0.2) is 37.1 Å². The highest BCUT2D eigenvalue weighted by Crippen LogP contribution is 2.54. The number of benzene rings is 1. The SMILES string of the molecule is Clc1cccc(C2CNCCC23CCN2CCCCC23)c1. The van der Waals surface area contributed by atoms with Gasteiger partial charge in [-0.25, -0.2) is 0 Å². The van der Waals surface area contributed by atoms with E-state index in [1.807, 2.05) is 6.07 Å². The van der Waals surface area contributed by atoms with Crippen molar-refractivity contribution >= 4 is 11.6 Å². The lowest BCUT2D eigenvalue weighted by atomic mass is 9.62. The maximum Gasteiger partial charge on any atom is 0.0408 e.